The molecule has 1 amide bonds. The largest absolute Gasteiger partial charge is 0.272 e. The van der Waals surface area contributed by atoms with Crippen LogP contribution in [0.4, 0.5) is 0 Å². The maximum atomic E-state index is 11.4. The number of rotatable bonds is 2. The standard InChI is InChI=1S/C10H11ClNO/c1-7(2)12-10(13)8-4-3-5-9(11)6-8/h3-7H,1-2H3. The Morgan fingerprint density at radius 3 is 2.69 bits per heavy atom. The van der Waals surface area contributed by atoms with Gasteiger partial charge in [0.15, 0.2) is 0 Å². The van der Waals surface area contributed by atoms with Crippen LogP contribution in [-0.4, -0.2) is 11.9 Å². The van der Waals surface area contributed by atoms with Crippen LogP contribution in [0.1, 0.15) is 24.2 Å². The molecular weight excluding hydrogens is 186 g/mol. The Morgan fingerprint density at radius 2 is 2.15 bits per heavy atom. The predicted molar refractivity (Wildman–Crippen MR) is 53.1 cm³/mol. The fourth-order valence-electron chi connectivity index (χ4n) is 0.931. The van der Waals surface area contributed by atoms with Crippen molar-refractivity contribution < 1.29 is 4.79 Å². The van der Waals surface area contributed by atoms with Crippen LogP contribution in [0, 0.1) is 0 Å². The topological polar surface area (TPSA) is 31.2 Å². The minimum atomic E-state index is -0.211. The molecule has 2 nitrogen and oxygen atoms in total. The van der Waals surface area contributed by atoms with E-state index < -0.39 is 0 Å². The van der Waals surface area contributed by atoms with E-state index in [2.05, 4.69) is 5.32 Å². The van der Waals surface area contributed by atoms with Crippen molar-refractivity contribution in [3.05, 3.63) is 34.9 Å². The molecule has 0 unspecified atom stereocenters. The molecule has 3 heteroatoms. The second-order valence-electron chi connectivity index (χ2n) is 3.04. The number of amides is 1. The molecule has 0 N–H and O–H groups in total. The van der Waals surface area contributed by atoms with Gasteiger partial charge in [-0.1, -0.05) is 17.7 Å². The minimum Gasteiger partial charge on any atom is -0.267 e. The molecule has 0 bridgehead atoms. The molecule has 0 saturated carbocycles. The smallest absolute Gasteiger partial charge is 0.267 e. The van der Waals surface area contributed by atoms with Crippen molar-refractivity contribution >= 4 is 17.5 Å². The molecular formula is C10H11ClNO. The summed E-state index contributed by atoms with van der Waals surface area (Å²) in [5.74, 6) is -0.211. The maximum Gasteiger partial charge on any atom is 0.272 e. The van der Waals surface area contributed by atoms with Crippen molar-refractivity contribution in [1.82, 2.24) is 5.32 Å². The summed E-state index contributed by atoms with van der Waals surface area (Å²) in [4.78, 5) is 11.4. The van der Waals surface area contributed by atoms with Gasteiger partial charge in [0, 0.05) is 16.6 Å². The Labute approximate surface area is 82.9 Å². The Balaban J connectivity index is 2.77. The second kappa shape index (κ2) is 4.28. The first kappa shape index (κ1) is 10.1. The van der Waals surface area contributed by atoms with E-state index in [1.54, 1.807) is 24.3 Å². The van der Waals surface area contributed by atoms with E-state index in [0.717, 1.165) is 0 Å². The van der Waals surface area contributed by atoms with Crippen LogP contribution >= 0.6 is 11.6 Å². The highest BCUT2D eigenvalue weighted by Gasteiger charge is 2.08. The highest BCUT2D eigenvalue weighted by atomic mass is 35.5. The first-order valence-electron chi connectivity index (χ1n) is 4.10. The first-order chi connectivity index (χ1) is 6.09. The van der Waals surface area contributed by atoms with Gasteiger partial charge in [0.05, 0.1) is 0 Å². The van der Waals surface area contributed by atoms with Crippen LogP contribution in [0.15, 0.2) is 24.3 Å². The zero-order chi connectivity index (χ0) is 9.84. The molecule has 0 atom stereocenters. The molecule has 69 valence electrons. The lowest BCUT2D eigenvalue weighted by atomic mass is 10.2. The van der Waals surface area contributed by atoms with Crippen molar-refractivity contribution in [3.63, 3.8) is 0 Å². The highest BCUT2D eigenvalue weighted by molar-refractivity contribution is 6.30. The number of carbonyl (C=O) groups is 1. The molecule has 1 aromatic carbocycles. The van der Waals surface area contributed by atoms with Gasteiger partial charge >= 0.3 is 0 Å². The summed E-state index contributed by atoms with van der Waals surface area (Å²) >= 11 is 5.73. The summed E-state index contributed by atoms with van der Waals surface area (Å²) in [5.41, 5.74) is 0.543. The van der Waals surface area contributed by atoms with Gasteiger partial charge in [-0.25, -0.2) is 5.32 Å². The number of hydrogen-bond acceptors (Lipinski definition) is 1. The highest BCUT2D eigenvalue weighted by Crippen LogP contribution is 2.10. The van der Waals surface area contributed by atoms with E-state index in [4.69, 9.17) is 11.6 Å². The summed E-state index contributed by atoms with van der Waals surface area (Å²) in [6.07, 6.45) is 0. The quantitative estimate of drug-likeness (QED) is 0.715. The van der Waals surface area contributed by atoms with Gasteiger partial charge in [-0.05, 0) is 32.0 Å². The van der Waals surface area contributed by atoms with Gasteiger partial charge in [-0.3, -0.25) is 4.79 Å². The zero-order valence-corrected chi connectivity index (χ0v) is 8.38. The van der Waals surface area contributed by atoms with Gasteiger partial charge in [-0.15, -0.1) is 0 Å². The third kappa shape index (κ3) is 3.07. The molecule has 0 heterocycles. The molecule has 0 aliphatic carbocycles. The van der Waals surface area contributed by atoms with Crippen molar-refractivity contribution in [3.8, 4) is 0 Å². The normalized spacial score (nSPS) is 10.2. The third-order valence-electron chi connectivity index (χ3n) is 1.45. The average Bonchev–Trinajstić information content (AvgIpc) is 2.03. The predicted octanol–water partition coefficient (Wildman–Crippen LogP) is 2.49. The van der Waals surface area contributed by atoms with Crippen LogP contribution in [0.5, 0.6) is 0 Å². The molecule has 1 rings (SSSR count). The second-order valence-corrected chi connectivity index (χ2v) is 3.47. The van der Waals surface area contributed by atoms with Crippen LogP contribution in [0.2, 0.25) is 5.02 Å². The first-order valence-corrected chi connectivity index (χ1v) is 4.48. The lowest BCUT2D eigenvalue weighted by molar-refractivity contribution is 0.0938. The van der Waals surface area contributed by atoms with E-state index >= 15 is 0 Å². The van der Waals surface area contributed by atoms with E-state index in [0.29, 0.717) is 10.6 Å². The number of nitrogens with zero attached hydrogens (tertiary/aromatic N) is 1. The van der Waals surface area contributed by atoms with E-state index in [-0.39, 0.29) is 11.9 Å². The number of carbonyl (C=O) groups excluding carboxylic acids is 1. The minimum absolute atomic E-state index is 0.0199. The molecule has 1 aromatic rings. The van der Waals surface area contributed by atoms with Gasteiger partial charge in [0.1, 0.15) is 0 Å². The third-order valence-corrected chi connectivity index (χ3v) is 1.68. The molecule has 0 saturated heterocycles. The van der Waals surface area contributed by atoms with Gasteiger partial charge < -0.3 is 0 Å². The van der Waals surface area contributed by atoms with E-state index in [9.17, 15) is 4.79 Å². The molecule has 0 spiro atoms. The zero-order valence-electron chi connectivity index (χ0n) is 7.62. The van der Waals surface area contributed by atoms with Crippen molar-refractivity contribution in [2.24, 2.45) is 0 Å². The number of hydrogen-bond donors (Lipinski definition) is 0. The lowest BCUT2D eigenvalue weighted by Crippen LogP contribution is -2.22. The molecule has 0 aliphatic heterocycles. The fourth-order valence-corrected chi connectivity index (χ4v) is 1.12. The monoisotopic (exact) mass is 196 g/mol. The Bertz CT molecular complexity index is 310. The molecule has 0 aliphatic rings. The molecule has 13 heavy (non-hydrogen) atoms. The summed E-state index contributed by atoms with van der Waals surface area (Å²) in [7, 11) is 0. The molecule has 0 fully saturated rings. The Morgan fingerprint density at radius 1 is 1.46 bits per heavy atom. The Kier molecular flexibility index (Phi) is 3.32. The van der Waals surface area contributed by atoms with Crippen molar-refractivity contribution in [2.45, 2.75) is 19.9 Å². The van der Waals surface area contributed by atoms with Crippen LogP contribution in [0.25, 0.3) is 0 Å². The average molecular weight is 197 g/mol. The van der Waals surface area contributed by atoms with Crippen LogP contribution < -0.4 is 5.32 Å². The van der Waals surface area contributed by atoms with E-state index in [1.165, 1.54) is 0 Å². The summed E-state index contributed by atoms with van der Waals surface area (Å²) in [5, 5.41) is 4.45. The fraction of sp³-hybridized carbons (Fsp3) is 0.300. The van der Waals surface area contributed by atoms with Crippen molar-refractivity contribution in [2.75, 3.05) is 0 Å². The SMILES string of the molecule is CC(C)[N]C(=O)c1cccc(Cl)c1. The Hall–Kier alpha value is -1.02. The maximum absolute atomic E-state index is 11.4. The molecule has 1 radical (unpaired) electrons. The summed E-state index contributed by atoms with van der Waals surface area (Å²) in [6.45, 7) is 3.73. The van der Waals surface area contributed by atoms with Crippen LogP contribution in [0.3, 0.4) is 0 Å². The van der Waals surface area contributed by atoms with E-state index in [1.807, 2.05) is 13.8 Å². The summed E-state index contributed by atoms with van der Waals surface area (Å²) < 4.78 is 0. The van der Waals surface area contributed by atoms with Gasteiger partial charge in [0.2, 0.25) is 0 Å². The summed E-state index contributed by atoms with van der Waals surface area (Å²) in [6, 6.07) is 6.82. The van der Waals surface area contributed by atoms with Gasteiger partial charge in [-0.2, -0.15) is 0 Å². The van der Waals surface area contributed by atoms with Gasteiger partial charge in [0.25, 0.3) is 5.91 Å². The number of benzene rings is 1. The van der Waals surface area contributed by atoms with Crippen LogP contribution in [-0.2, 0) is 0 Å². The van der Waals surface area contributed by atoms with Crippen molar-refractivity contribution in [1.29, 1.82) is 0 Å². The molecule has 0 aromatic heterocycles. The number of halogens is 1. The lowest BCUT2D eigenvalue weighted by Gasteiger charge is -2.04.